The van der Waals surface area contributed by atoms with Crippen LogP contribution < -0.4 is 10.5 Å². The van der Waals surface area contributed by atoms with Gasteiger partial charge in [0.2, 0.25) is 0 Å². The van der Waals surface area contributed by atoms with Crippen LogP contribution in [0.2, 0.25) is 0 Å². The summed E-state index contributed by atoms with van der Waals surface area (Å²) < 4.78 is 35.5. The van der Waals surface area contributed by atoms with Crippen LogP contribution in [0.25, 0.3) is 0 Å². The van der Waals surface area contributed by atoms with Crippen molar-refractivity contribution in [2.45, 2.75) is 6.54 Å². The minimum atomic E-state index is -0.736. The number of nitrogens with zero attached hydrogens (tertiary/aromatic N) is 1. The summed E-state index contributed by atoms with van der Waals surface area (Å²) in [7, 11) is 0. The van der Waals surface area contributed by atoms with Crippen LogP contribution in [-0.2, 0) is 6.54 Å². The molecule has 0 aliphatic heterocycles. The lowest BCUT2D eigenvalue weighted by atomic mass is 10.3. The molecule has 16 heavy (non-hydrogen) atoms. The van der Waals surface area contributed by atoms with Crippen LogP contribution in [0.3, 0.4) is 0 Å². The number of rotatable bonds is 3. The van der Waals surface area contributed by atoms with Crippen molar-refractivity contribution in [2.24, 2.45) is 5.73 Å². The van der Waals surface area contributed by atoms with Gasteiger partial charge in [0.25, 0.3) is 0 Å². The first-order valence-electron chi connectivity index (χ1n) is 4.46. The Bertz CT molecular complexity index is 479. The van der Waals surface area contributed by atoms with Gasteiger partial charge in [0, 0.05) is 24.7 Å². The Morgan fingerprint density at radius 2 is 1.94 bits per heavy atom. The molecule has 0 saturated heterocycles. The fourth-order valence-corrected chi connectivity index (χ4v) is 1.12. The van der Waals surface area contributed by atoms with Crippen LogP contribution >= 0.6 is 0 Å². The van der Waals surface area contributed by atoms with E-state index in [0.29, 0.717) is 5.69 Å². The normalized spacial score (nSPS) is 10.4. The Morgan fingerprint density at radius 1 is 1.25 bits per heavy atom. The molecule has 2 N–H and O–H groups in total. The van der Waals surface area contributed by atoms with Gasteiger partial charge in [0.05, 0.1) is 5.69 Å². The second kappa shape index (κ2) is 4.28. The molecule has 0 spiro atoms. The van der Waals surface area contributed by atoms with Crippen molar-refractivity contribution in [1.82, 2.24) is 4.98 Å². The summed E-state index contributed by atoms with van der Waals surface area (Å²) in [5, 5.41) is 0. The molecule has 0 aliphatic rings. The van der Waals surface area contributed by atoms with Gasteiger partial charge >= 0.3 is 6.08 Å². The van der Waals surface area contributed by atoms with E-state index in [4.69, 9.17) is 14.9 Å². The molecule has 4 nitrogen and oxygen atoms in total. The zero-order valence-corrected chi connectivity index (χ0v) is 8.11. The molecule has 0 saturated carbocycles. The fourth-order valence-electron chi connectivity index (χ4n) is 1.12. The number of benzene rings is 1. The molecule has 0 bridgehead atoms. The van der Waals surface area contributed by atoms with Gasteiger partial charge in [-0.2, -0.15) is 4.98 Å². The topological polar surface area (TPSA) is 61.3 Å². The fraction of sp³-hybridized carbons (Fsp3) is 0.100. The van der Waals surface area contributed by atoms with E-state index < -0.39 is 11.6 Å². The molecule has 6 heteroatoms. The van der Waals surface area contributed by atoms with Gasteiger partial charge in [0.1, 0.15) is 23.6 Å². The number of hydrogen-bond donors (Lipinski definition) is 1. The van der Waals surface area contributed by atoms with Gasteiger partial charge < -0.3 is 14.9 Å². The number of halogens is 2. The summed E-state index contributed by atoms with van der Waals surface area (Å²) >= 11 is 0. The van der Waals surface area contributed by atoms with Gasteiger partial charge in [0.15, 0.2) is 0 Å². The molecule has 1 heterocycles. The van der Waals surface area contributed by atoms with E-state index in [1.54, 1.807) is 0 Å². The first kappa shape index (κ1) is 10.6. The van der Waals surface area contributed by atoms with Crippen LogP contribution in [0, 0.1) is 11.6 Å². The van der Waals surface area contributed by atoms with Crippen molar-refractivity contribution in [3.63, 3.8) is 0 Å². The maximum absolute atomic E-state index is 12.8. The molecule has 1 aromatic heterocycles. The van der Waals surface area contributed by atoms with Crippen LogP contribution in [0.5, 0.6) is 11.8 Å². The molecular weight excluding hydrogens is 218 g/mol. The molecular formula is C10H8F2N2O2. The van der Waals surface area contributed by atoms with Crippen LogP contribution in [-0.4, -0.2) is 4.98 Å². The third kappa shape index (κ3) is 2.34. The number of oxazole rings is 1. The minimum absolute atomic E-state index is 0.0251. The van der Waals surface area contributed by atoms with Crippen LogP contribution in [0.1, 0.15) is 5.69 Å². The lowest BCUT2D eigenvalue weighted by Crippen LogP contribution is -1.96. The summed E-state index contributed by atoms with van der Waals surface area (Å²) in [5.74, 6) is -1.50. The van der Waals surface area contributed by atoms with Crippen molar-refractivity contribution in [1.29, 1.82) is 0 Å². The Morgan fingerprint density at radius 3 is 2.50 bits per heavy atom. The summed E-state index contributed by atoms with van der Waals surface area (Å²) in [6.07, 6.45) is 1.20. The first-order valence-corrected chi connectivity index (χ1v) is 4.46. The average molecular weight is 226 g/mol. The second-order valence-corrected chi connectivity index (χ2v) is 3.02. The Balaban J connectivity index is 2.19. The average Bonchev–Trinajstić information content (AvgIpc) is 2.64. The highest BCUT2D eigenvalue weighted by atomic mass is 19.1. The zero-order chi connectivity index (χ0) is 11.5. The summed E-state index contributed by atoms with van der Waals surface area (Å²) in [4.78, 5) is 3.82. The van der Waals surface area contributed by atoms with Gasteiger partial charge in [-0.25, -0.2) is 8.78 Å². The third-order valence-corrected chi connectivity index (χ3v) is 1.78. The molecule has 84 valence electrons. The SMILES string of the molecule is NCc1coc(Oc2cc(F)cc(F)c2)n1. The van der Waals surface area contributed by atoms with Gasteiger partial charge in [-0.3, -0.25) is 0 Å². The van der Waals surface area contributed by atoms with E-state index in [1.807, 2.05) is 0 Å². The van der Waals surface area contributed by atoms with E-state index in [9.17, 15) is 8.78 Å². The van der Waals surface area contributed by atoms with Crippen molar-refractivity contribution < 1.29 is 17.9 Å². The van der Waals surface area contributed by atoms with Crippen LogP contribution in [0.4, 0.5) is 8.78 Å². The van der Waals surface area contributed by atoms with Crippen molar-refractivity contribution >= 4 is 0 Å². The molecule has 0 unspecified atom stereocenters. The maximum atomic E-state index is 12.8. The Labute approximate surface area is 89.7 Å². The predicted molar refractivity (Wildman–Crippen MR) is 50.8 cm³/mol. The number of hydrogen-bond acceptors (Lipinski definition) is 4. The predicted octanol–water partition coefficient (Wildman–Crippen LogP) is 2.20. The van der Waals surface area contributed by atoms with E-state index in [0.717, 1.165) is 18.2 Å². The molecule has 0 radical (unpaired) electrons. The molecule has 0 amide bonds. The lowest BCUT2D eigenvalue weighted by Gasteiger charge is -2.00. The molecule has 0 aliphatic carbocycles. The van der Waals surface area contributed by atoms with E-state index in [2.05, 4.69) is 4.98 Å². The Hall–Kier alpha value is -1.95. The first-order chi connectivity index (χ1) is 7.67. The molecule has 0 fully saturated rings. The lowest BCUT2D eigenvalue weighted by molar-refractivity contribution is 0.328. The van der Waals surface area contributed by atoms with E-state index >= 15 is 0 Å². The highest BCUT2D eigenvalue weighted by Gasteiger charge is 2.07. The van der Waals surface area contributed by atoms with Crippen molar-refractivity contribution in [3.05, 3.63) is 41.8 Å². The highest BCUT2D eigenvalue weighted by Crippen LogP contribution is 2.22. The second-order valence-electron chi connectivity index (χ2n) is 3.02. The molecule has 2 rings (SSSR count). The quantitative estimate of drug-likeness (QED) is 0.871. The van der Waals surface area contributed by atoms with E-state index in [1.165, 1.54) is 6.26 Å². The van der Waals surface area contributed by atoms with Crippen molar-refractivity contribution in [2.75, 3.05) is 0 Å². The van der Waals surface area contributed by atoms with Gasteiger partial charge in [-0.05, 0) is 0 Å². The van der Waals surface area contributed by atoms with Gasteiger partial charge in [-0.1, -0.05) is 0 Å². The summed E-state index contributed by atoms with van der Waals surface area (Å²) in [5.41, 5.74) is 5.80. The summed E-state index contributed by atoms with van der Waals surface area (Å²) in [6.45, 7) is 0.199. The largest absolute Gasteiger partial charge is 0.417 e. The summed E-state index contributed by atoms with van der Waals surface area (Å²) in [6, 6.07) is 2.79. The number of aromatic nitrogens is 1. The van der Waals surface area contributed by atoms with Crippen LogP contribution in [0.15, 0.2) is 28.9 Å². The third-order valence-electron chi connectivity index (χ3n) is 1.78. The molecule has 1 aromatic carbocycles. The molecule has 0 atom stereocenters. The Kier molecular flexibility index (Phi) is 2.82. The highest BCUT2D eigenvalue weighted by molar-refractivity contribution is 5.26. The standard InChI is InChI=1S/C10H8F2N2O2/c11-6-1-7(12)3-9(2-6)16-10-14-8(4-13)5-15-10/h1-3,5H,4,13H2. The van der Waals surface area contributed by atoms with E-state index in [-0.39, 0.29) is 18.4 Å². The zero-order valence-electron chi connectivity index (χ0n) is 8.11. The smallest absolute Gasteiger partial charge is 0.399 e. The minimum Gasteiger partial charge on any atom is -0.417 e. The maximum Gasteiger partial charge on any atom is 0.399 e. The molecule has 2 aromatic rings. The number of ether oxygens (including phenoxy) is 1. The van der Waals surface area contributed by atoms with Crippen molar-refractivity contribution in [3.8, 4) is 11.8 Å². The number of nitrogens with two attached hydrogens (primary N) is 1. The monoisotopic (exact) mass is 226 g/mol. The van der Waals surface area contributed by atoms with Gasteiger partial charge in [-0.15, -0.1) is 0 Å².